The highest BCUT2D eigenvalue weighted by atomic mass is 32.2. The standard InChI is InChI=1S/C22H25F2N5O3S/c1-33(2,31)28-15-10-17(24)21-19(11-15)25-13-26-22(21)27-18-4-3-14(23)9-20(18)32-16-5-6-29(12-16)7-8-30/h3-4,9-11,13,16,30H,5-8,12H2,1-2H3,(H,25,26,27)/t16-/m1/s1. The average molecular weight is 478 g/mol. The van der Waals surface area contributed by atoms with Crippen molar-refractivity contribution in [3.05, 3.63) is 48.3 Å². The van der Waals surface area contributed by atoms with E-state index in [4.69, 9.17) is 9.84 Å². The molecule has 0 spiro atoms. The second-order valence-corrected chi connectivity index (χ2v) is 10.7. The maximum absolute atomic E-state index is 15.0. The summed E-state index contributed by atoms with van der Waals surface area (Å²) < 4.78 is 51.1. The lowest BCUT2D eigenvalue weighted by atomic mass is 10.2. The van der Waals surface area contributed by atoms with Crippen LogP contribution in [-0.4, -0.2) is 69.0 Å². The quantitative estimate of drug-likeness (QED) is 0.538. The van der Waals surface area contributed by atoms with Crippen LogP contribution in [-0.2, 0) is 9.73 Å². The summed E-state index contributed by atoms with van der Waals surface area (Å²) in [5.74, 6) is -0.629. The van der Waals surface area contributed by atoms with Crippen LogP contribution in [0.4, 0.5) is 26.0 Å². The first-order chi connectivity index (χ1) is 15.7. The molecule has 2 aromatic carbocycles. The summed E-state index contributed by atoms with van der Waals surface area (Å²) in [6, 6.07) is 6.77. The van der Waals surface area contributed by atoms with Gasteiger partial charge in [-0.1, -0.05) is 0 Å². The number of hydrogen-bond acceptors (Lipinski definition) is 8. The van der Waals surface area contributed by atoms with Gasteiger partial charge in [0.1, 0.15) is 35.6 Å². The molecule has 3 aromatic rings. The van der Waals surface area contributed by atoms with E-state index in [1.807, 2.05) is 0 Å². The topological polar surface area (TPSA) is 99.9 Å². The maximum Gasteiger partial charge on any atom is 0.146 e. The number of hydrogen-bond donors (Lipinski definition) is 2. The molecule has 1 aliphatic heterocycles. The van der Waals surface area contributed by atoms with Crippen LogP contribution in [0.5, 0.6) is 5.75 Å². The molecule has 2 N–H and O–H groups in total. The average Bonchev–Trinajstić information content (AvgIpc) is 3.16. The van der Waals surface area contributed by atoms with E-state index in [1.165, 1.54) is 49.2 Å². The number of aliphatic hydroxyl groups excluding tert-OH is 1. The van der Waals surface area contributed by atoms with E-state index in [0.717, 1.165) is 13.0 Å². The Morgan fingerprint density at radius 1 is 1.27 bits per heavy atom. The Labute approximate surface area is 190 Å². The van der Waals surface area contributed by atoms with E-state index in [0.29, 0.717) is 18.8 Å². The van der Waals surface area contributed by atoms with Gasteiger partial charge in [0, 0.05) is 54.0 Å². The largest absolute Gasteiger partial charge is 0.487 e. The second-order valence-electron chi connectivity index (χ2n) is 8.13. The second kappa shape index (κ2) is 9.54. The molecule has 0 radical (unpaired) electrons. The molecule has 33 heavy (non-hydrogen) atoms. The van der Waals surface area contributed by atoms with Crippen LogP contribution in [0, 0.1) is 11.6 Å². The van der Waals surface area contributed by atoms with E-state index >= 15 is 4.39 Å². The maximum atomic E-state index is 15.0. The van der Waals surface area contributed by atoms with Crippen molar-refractivity contribution in [2.75, 3.05) is 44.1 Å². The predicted octanol–water partition coefficient (Wildman–Crippen LogP) is 3.46. The zero-order valence-corrected chi connectivity index (χ0v) is 19.1. The molecule has 1 saturated heterocycles. The minimum Gasteiger partial charge on any atom is -0.487 e. The van der Waals surface area contributed by atoms with Gasteiger partial charge in [0.2, 0.25) is 0 Å². The number of halogens is 2. The predicted molar refractivity (Wildman–Crippen MR) is 124 cm³/mol. The van der Waals surface area contributed by atoms with Crippen LogP contribution >= 0.6 is 0 Å². The highest BCUT2D eigenvalue weighted by molar-refractivity contribution is 7.92. The molecular weight excluding hydrogens is 452 g/mol. The van der Waals surface area contributed by atoms with Gasteiger partial charge in [-0.2, -0.15) is 4.36 Å². The molecule has 0 amide bonds. The van der Waals surface area contributed by atoms with Gasteiger partial charge in [-0.05, 0) is 24.6 Å². The van der Waals surface area contributed by atoms with Crippen LogP contribution in [0.3, 0.4) is 0 Å². The van der Waals surface area contributed by atoms with E-state index in [9.17, 15) is 8.60 Å². The van der Waals surface area contributed by atoms with Crippen LogP contribution in [0.1, 0.15) is 6.42 Å². The lowest BCUT2D eigenvalue weighted by Gasteiger charge is -2.19. The number of anilines is 2. The number of fused-ring (bicyclic) bond motifs is 1. The summed E-state index contributed by atoms with van der Waals surface area (Å²) in [4.78, 5) is 10.4. The first-order valence-corrected chi connectivity index (χ1v) is 12.7. The van der Waals surface area contributed by atoms with Crippen LogP contribution in [0.15, 0.2) is 41.0 Å². The summed E-state index contributed by atoms with van der Waals surface area (Å²) in [6.45, 7) is 2.01. The molecule has 11 heteroatoms. The molecule has 0 saturated carbocycles. The van der Waals surface area contributed by atoms with Crippen molar-refractivity contribution in [3.63, 3.8) is 0 Å². The van der Waals surface area contributed by atoms with Crippen molar-refractivity contribution in [1.29, 1.82) is 0 Å². The number of rotatable bonds is 7. The number of ether oxygens (including phenoxy) is 1. The summed E-state index contributed by atoms with van der Waals surface area (Å²) >= 11 is 0. The summed E-state index contributed by atoms with van der Waals surface area (Å²) in [5, 5.41) is 12.3. The molecule has 1 atom stereocenters. The molecule has 176 valence electrons. The zero-order chi connectivity index (χ0) is 23.6. The molecule has 2 heterocycles. The first-order valence-electron chi connectivity index (χ1n) is 10.4. The third kappa shape index (κ3) is 5.73. The summed E-state index contributed by atoms with van der Waals surface area (Å²) in [7, 11) is -2.47. The fourth-order valence-electron chi connectivity index (χ4n) is 3.77. The van der Waals surface area contributed by atoms with Crippen molar-refractivity contribution in [2.45, 2.75) is 12.5 Å². The van der Waals surface area contributed by atoms with E-state index < -0.39 is 21.4 Å². The van der Waals surface area contributed by atoms with Gasteiger partial charge in [0.05, 0.1) is 28.9 Å². The van der Waals surface area contributed by atoms with E-state index in [2.05, 4.69) is 24.5 Å². The molecule has 1 fully saturated rings. The minimum atomic E-state index is -2.47. The Bertz CT molecular complexity index is 1290. The van der Waals surface area contributed by atoms with Crippen molar-refractivity contribution in [2.24, 2.45) is 4.36 Å². The lowest BCUT2D eigenvalue weighted by Crippen LogP contribution is -2.27. The molecule has 0 unspecified atom stereocenters. The number of likely N-dealkylation sites (tertiary alicyclic amines) is 1. The normalized spacial score (nSPS) is 16.8. The number of benzene rings is 2. The van der Waals surface area contributed by atoms with Gasteiger partial charge in [-0.3, -0.25) is 4.90 Å². The van der Waals surface area contributed by atoms with Crippen molar-refractivity contribution < 1.29 is 22.8 Å². The van der Waals surface area contributed by atoms with Crippen molar-refractivity contribution in [1.82, 2.24) is 14.9 Å². The number of β-amino-alcohol motifs (C(OH)–C–C–N with tert-alkyl or cyclic N) is 1. The highest BCUT2D eigenvalue weighted by Gasteiger charge is 2.24. The van der Waals surface area contributed by atoms with Gasteiger partial charge in [0.25, 0.3) is 0 Å². The molecule has 0 bridgehead atoms. The molecule has 1 aromatic heterocycles. The Morgan fingerprint density at radius 3 is 2.85 bits per heavy atom. The van der Waals surface area contributed by atoms with Crippen LogP contribution in [0.2, 0.25) is 0 Å². The zero-order valence-electron chi connectivity index (χ0n) is 18.3. The number of aromatic nitrogens is 2. The third-order valence-corrected chi connectivity index (χ3v) is 5.79. The van der Waals surface area contributed by atoms with Crippen molar-refractivity contribution in [3.8, 4) is 5.75 Å². The fraction of sp³-hybridized carbons (Fsp3) is 0.364. The fourth-order valence-corrected chi connectivity index (χ4v) is 4.38. The molecule has 4 rings (SSSR count). The van der Waals surface area contributed by atoms with Gasteiger partial charge in [-0.25, -0.2) is 23.0 Å². The lowest BCUT2D eigenvalue weighted by molar-refractivity contribution is 0.181. The van der Waals surface area contributed by atoms with Gasteiger partial charge >= 0.3 is 0 Å². The number of aliphatic hydroxyl groups is 1. The van der Waals surface area contributed by atoms with Crippen molar-refractivity contribution >= 4 is 37.8 Å². The Kier molecular flexibility index (Phi) is 6.73. The molecular formula is C22H25F2N5O3S. The smallest absolute Gasteiger partial charge is 0.146 e. The number of nitrogens with zero attached hydrogens (tertiary/aromatic N) is 4. The monoisotopic (exact) mass is 477 g/mol. The van der Waals surface area contributed by atoms with Gasteiger partial charge in [0.15, 0.2) is 0 Å². The van der Waals surface area contributed by atoms with E-state index in [1.54, 1.807) is 0 Å². The minimum absolute atomic E-state index is 0.0639. The SMILES string of the molecule is CS(C)(=O)=Nc1cc(F)c2c(Nc3ccc(F)cc3O[C@@H]3CCN(CCO)C3)ncnc2c1. The summed E-state index contributed by atoms with van der Waals surface area (Å²) in [6.07, 6.45) is 4.78. The van der Waals surface area contributed by atoms with Gasteiger partial charge < -0.3 is 15.2 Å². The van der Waals surface area contributed by atoms with Crippen LogP contribution < -0.4 is 10.1 Å². The first kappa shape index (κ1) is 23.3. The third-order valence-electron chi connectivity index (χ3n) is 5.14. The Morgan fingerprint density at radius 2 is 2.09 bits per heavy atom. The van der Waals surface area contributed by atoms with E-state index in [-0.39, 0.29) is 40.9 Å². The summed E-state index contributed by atoms with van der Waals surface area (Å²) in [5.41, 5.74) is 0.935. The molecule has 8 nitrogen and oxygen atoms in total. The van der Waals surface area contributed by atoms with Crippen LogP contribution in [0.25, 0.3) is 10.9 Å². The molecule has 0 aliphatic carbocycles. The Balaban J connectivity index is 1.65. The van der Waals surface area contributed by atoms with Gasteiger partial charge in [-0.15, -0.1) is 0 Å². The Hall–Kier alpha value is -2.89. The molecule has 1 aliphatic rings. The highest BCUT2D eigenvalue weighted by Crippen LogP contribution is 2.34. The number of nitrogens with one attached hydrogen (secondary N) is 1.